The summed E-state index contributed by atoms with van der Waals surface area (Å²) < 4.78 is 41.9. The van der Waals surface area contributed by atoms with E-state index in [4.69, 9.17) is 16.1 Å². The minimum Gasteiger partial charge on any atom is -0.339 e. The van der Waals surface area contributed by atoms with E-state index in [0.29, 0.717) is 17.3 Å². The van der Waals surface area contributed by atoms with Crippen LogP contribution in [-0.4, -0.2) is 10.1 Å². The number of benzene rings is 1. The van der Waals surface area contributed by atoms with Gasteiger partial charge in [0.25, 0.3) is 0 Å². The highest BCUT2D eigenvalue weighted by Crippen LogP contribution is 2.29. The zero-order chi connectivity index (χ0) is 13.2. The SMILES string of the molecule is FC(F)(F)c1ccc(Cc2nc(CCl)no2)cc1. The number of hydrogen-bond acceptors (Lipinski definition) is 3. The highest BCUT2D eigenvalue weighted by Gasteiger charge is 2.29. The van der Waals surface area contributed by atoms with Crippen LogP contribution >= 0.6 is 11.6 Å². The molecule has 0 N–H and O–H groups in total. The van der Waals surface area contributed by atoms with E-state index in [0.717, 1.165) is 12.1 Å². The van der Waals surface area contributed by atoms with Crippen LogP contribution in [0.1, 0.15) is 22.8 Å². The molecular formula is C11H8ClF3N2O. The molecule has 1 heterocycles. The molecule has 0 aliphatic carbocycles. The standard InChI is InChI=1S/C11H8ClF3N2O/c12-6-9-16-10(18-17-9)5-7-1-3-8(4-2-7)11(13,14)15/h1-4H,5-6H2. The van der Waals surface area contributed by atoms with E-state index in [2.05, 4.69) is 10.1 Å². The van der Waals surface area contributed by atoms with Gasteiger partial charge in [0.2, 0.25) is 5.89 Å². The molecule has 2 aromatic rings. The van der Waals surface area contributed by atoms with Crippen LogP contribution in [0.3, 0.4) is 0 Å². The molecule has 7 heteroatoms. The highest BCUT2D eigenvalue weighted by atomic mass is 35.5. The first-order valence-electron chi connectivity index (χ1n) is 5.02. The van der Waals surface area contributed by atoms with Gasteiger partial charge in [-0.15, -0.1) is 11.6 Å². The molecule has 1 aromatic carbocycles. The van der Waals surface area contributed by atoms with Gasteiger partial charge in [0.1, 0.15) is 0 Å². The van der Waals surface area contributed by atoms with Gasteiger partial charge in [-0.2, -0.15) is 18.2 Å². The molecule has 1 aromatic heterocycles. The van der Waals surface area contributed by atoms with Gasteiger partial charge in [0.05, 0.1) is 17.9 Å². The van der Waals surface area contributed by atoms with Crippen molar-refractivity contribution in [2.45, 2.75) is 18.5 Å². The van der Waals surface area contributed by atoms with Crippen molar-refractivity contribution in [3.05, 3.63) is 47.1 Å². The van der Waals surface area contributed by atoms with Gasteiger partial charge in [-0.05, 0) is 17.7 Å². The summed E-state index contributed by atoms with van der Waals surface area (Å²) in [5.74, 6) is 0.820. The lowest BCUT2D eigenvalue weighted by molar-refractivity contribution is -0.137. The average molecular weight is 277 g/mol. The Bertz CT molecular complexity index is 522. The first-order valence-corrected chi connectivity index (χ1v) is 5.56. The molecule has 0 spiro atoms. The maximum Gasteiger partial charge on any atom is 0.416 e. The van der Waals surface area contributed by atoms with Crippen molar-refractivity contribution >= 4 is 11.6 Å². The Morgan fingerprint density at radius 1 is 1.17 bits per heavy atom. The van der Waals surface area contributed by atoms with Crippen LogP contribution in [0.2, 0.25) is 0 Å². The Morgan fingerprint density at radius 3 is 2.33 bits per heavy atom. The Kier molecular flexibility index (Phi) is 3.56. The highest BCUT2D eigenvalue weighted by molar-refractivity contribution is 6.16. The van der Waals surface area contributed by atoms with Gasteiger partial charge < -0.3 is 4.52 Å². The number of nitrogens with zero attached hydrogens (tertiary/aromatic N) is 2. The van der Waals surface area contributed by atoms with E-state index in [-0.39, 0.29) is 12.3 Å². The molecule has 0 amide bonds. The van der Waals surface area contributed by atoms with E-state index < -0.39 is 11.7 Å². The van der Waals surface area contributed by atoms with E-state index in [1.54, 1.807) is 0 Å². The lowest BCUT2D eigenvalue weighted by Gasteiger charge is -2.06. The minimum absolute atomic E-state index is 0.135. The van der Waals surface area contributed by atoms with Crippen molar-refractivity contribution in [2.75, 3.05) is 0 Å². The maximum atomic E-state index is 12.3. The molecule has 0 saturated carbocycles. The van der Waals surface area contributed by atoms with E-state index in [1.165, 1.54) is 12.1 Å². The topological polar surface area (TPSA) is 38.9 Å². The first-order chi connectivity index (χ1) is 8.49. The quantitative estimate of drug-likeness (QED) is 0.806. The molecule has 96 valence electrons. The Hall–Kier alpha value is -1.56. The molecule has 2 rings (SSSR count). The first kappa shape index (κ1) is 12.9. The van der Waals surface area contributed by atoms with Crippen molar-refractivity contribution < 1.29 is 17.7 Å². The third-order valence-corrected chi connectivity index (χ3v) is 2.51. The predicted molar refractivity (Wildman–Crippen MR) is 58.1 cm³/mol. The smallest absolute Gasteiger partial charge is 0.339 e. The molecule has 0 atom stereocenters. The largest absolute Gasteiger partial charge is 0.416 e. The number of alkyl halides is 4. The van der Waals surface area contributed by atoms with Crippen LogP contribution < -0.4 is 0 Å². The van der Waals surface area contributed by atoms with Gasteiger partial charge in [0, 0.05) is 0 Å². The van der Waals surface area contributed by atoms with Gasteiger partial charge in [-0.25, -0.2) is 0 Å². The van der Waals surface area contributed by atoms with Gasteiger partial charge in [-0.3, -0.25) is 0 Å². The zero-order valence-corrected chi connectivity index (χ0v) is 9.79. The van der Waals surface area contributed by atoms with Gasteiger partial charge in [-0.1, -0.05) is 17.3 Å². The van der Waals surface area contributed by atoms with Crippen LogP contribution in [0.25, 0.3) is 0 Å². The van der Waals surface area contributed by atoms with E-state index >= 15 is 0 Å². The summed E-state index contributed by atoms with van der Waals surface area (Å²) in [7, 11) is 0. The number of aromatic nitrogens is 2. The summed E-state index contributed by atoms with van der Waals surface area (Å²) in [5.41, 5.74) is -0.0222. The molecule has 0 bridgehead atoms. The molecule has 0 unspecified atom stereocenters. The molecule has 18 heavy (non-hydrogen) atoms. The molecule has 0 radical (unpaired) electrons. The summed E-state index contributed by atoms with van der Waals surface area (Å²) in [4.78, 5) is 3.96. The second-order valence-corrected chi connectivity index (χ2v) is 3.88. The molecular weight excluding hydrogens is 269 g/mol. The fourth-order valence-corrected chi connectivity index (χ4v) is 1.51. The summed E-state index contributed by atoms with van der Waals surface area (Å²) >= 11 is 5.50. The Morgan fingerprint density at radius 2 is 1.83 bits per heavy atom. The van der Waals surface area contributed by atoms with Crippen LogP contribution in [-0.2, 0) is 18.5 Å². The predicted octanol–water partition coefficient (Wildman–Crippen LogP) is 3.42. The fraction of sp³-hybridized carbons (Fsp3) is 0.273. The van der Waals surface area contributed by atoms with Crippen LogP contribution in [0.4, 0.5) is 13.2 Å². The minimum atomic E-state index is -4.32. The summed E-state index contributed by atoms with van der Waals surface area (Å²) in [5, 5.41) is 3.59. The second kappa shape index (κ2) is 4.97. The van der Waals surface area contributed by atoms with Crippen molar-refractivity contribution in [2.24, 2.45) is 0 Å². The van der Waals surface area contributed by atoms with Crippen molar-refractivity contribution in [3.8, 4) is 0 Å². The number of halogens is 4. The summed E-state index contributed by atoms with van der Waals surface area (Å²) in [6.45, 7) is 0. The van der Waals surface area contributed by atoms with E-state index in [9.17, 15) is 13.2 Å². The normalized spacial score (nSPS) is 11.8. The Labute approximate surface area is 106 Å². The summed E-state index contributed by atoms with van der Waals surface area (Å²) in [6, 6.07) is 4.81. The molecule has 0 aliphatic heterocycles. The van der Waals surface area contributed by atoms with Crippen molar-refractivity contribution in [1.82, 2.24) is 10.1 Å². The molecule has 0 aliphatic rings. The zero-order valence-electron chi connectivity index (χ0n) is 9.04. The second-order valence-electron chi connectivity index (χ2n) is 3.61. The third-order valence-electron chi connectivity index (χ3n) is 2.27. The van der Waals surface area contributed by atoms with Crippen LogP contribution in [0, 0.1) is 0 Å². The summed E-state index contributed by atoms with van der Waals surface area (Å²) in [6.07, 6.45) is -4.04. The lowest BCUT2D eigenvalue weighted by atomic mass is 10.1. The molecule has 0 fully saturated rings. The third kappa shape index (κ3) is 3.01. The lowest BCUT2D eigenvalue weighted by Crippen LogP contribution is -2.04. The monoisotopic (exact) mass is 276 g/mol. The Balaban J connectivity index is 2.11. The molecule has 3 nitrogen and oxygen atoms in total. The van der Waals surface area contributed by atoms with Crippen LogP contribution in [0.5, 0.6) is 0 Å². The van der Waals surface area contributed by atoms with Crippen LogP contribution in [0.15, 0.2) is 28.8 Å². The van der Waals surface area contributed by atoms with Gasteiger partial charge in [0.15, 0.2) is 5.82 Å². The average Bonchev–Trinajstić information content (AvgIpc) is 2.76. The van der Waals surface area contributed by atoms with Crippen molar-refractivity contribution in [3.63, 3.8) is 0 Å². The van der Waals surface area contributed by atoms with E-state index in [1.807, 2.05) is 0 Å². The molecule has 0 saturated heterocycles. The van der Waals surface area contributed by atoms with Crippen molar-refractivity contribution in [1.29, 1.82) is 0 Å². The number of rotatable bonds is 3. The number of hydrogen-bond donors (Lipinski definition) is 0. The van der Waals surface area contributed by atoms with Gasteiger partial charge >= 0.3 is 6.18 Å². The maximum absolute atomic E-state index is 12.3. The fourth-order valence-electron chi connectivity index (χ4n) is 1.40.